The number of ketones is 2. The number of piperazine rings is 1. The summed E-state index contributed by atoms with van der Waals surface area (Å²) >= 11 is 3.34. The fourth-order valence-electron chi connectivity index (χ4n) is 3.32. The summed E-state index contributed by atoms with van der Waals surface area (Å²) in [7, 11) is 0. The van der Waals surface area contributed by atoms with E-state index in [1.807, 2.05) is 23.1 Å². The first-order chi connectivity index (χ1) is 12.2. The van der Waals surface area contributed by atoms with Gasteiger partial charge in [-0.2, -0.15) is 0 Å². The van der Waals surface area contributed by atoms with Crippen LogP contribution in [-0.4, -0.2) is 47.6 Å². The van der Waals surface area contributed by atoms with Crippen LogP contribution in [0.2, 0.25) is 0 Å². The number of hydrogen-bond acceptors (Lipinski definition) is 5. The van der Waals surface area contributed by atoms with Crippen molar-refractivity contribution >= 4 is 33.2 Å². The molecule has 2 heterocycles. The number of rotatable bonds is 2. The Kier molecular flexibility index (Phi) is 4.13. The van der Waals surface area contributed by atoms with E-state index in [2.05, 4.69) is 37.9 Å². The number of benzene rings is 1. The molecule has 2 aromatic rings. The molecule has 1 aromatic carbocycles. The molecule has 6 heteroatoms. The van der Waals surface area contributed by atoms with E-state index >= 15 is 0 Å². The van der Waals surface area contributed by atoms with Crippen LogP contribution in [0.15, 0.2) is 58.8 Å². The van der Waals surface area contributed by atoms with Crippen molar-refractivity contribution in [2.24, 2.45) is 0 Å². The van der Waals surface area contributed by atoms with E-state index < -0.39 is 0 Å². The van der Waals surface area contributed by atoms with Crippen molar-refractivity contribution in [3.05, 3.63) is 70.1 Å². The lowest BCUT2D eigenvalue weighted by molar-refractivity contribution is 0.0943. The zero-order valence-electron chi connectivity index (χ0n) is 13.5. The van der Waals surface area contributed by atoms with Gasteiger partial charge >= 0.3 is 0 Å². The molecule has 25 heavy (non-hydrogen) atoms. The summed E-state index contributed by atoms with van der Waals surface area (Å²) in [6, 6.07) is 13.6. The SMILES string of the molecule is O=C1C(N2CCN(c3ccccc3)CC2)=C(Br)C(=O)c2ncccc21. The van der Waals surface area contributed by atoms with Crippen molar-refractivity contribution in [2.45, 2.75) is 0 Å². The summed E-state index contributed by atoms with van der Waals surface area (Å²) in [5.74, 6) is -0.363. The predicted octanol–water partition coefficient (Wildman–Crippen LogP) is 2.89. The normalized spacial score (nSPS) is 17.8. The molecule has 1 fully saturated rings. The summed E-state index contributed by atoms with van der Waals surface area (Å²) in [5, 5.41) is 0. The van der Waals surface area contributed by atoms with E-state index in [1.165, 1.54) is 11.9 Å². The highest BCUT2D eigenvalue weighted by atomic mass is 79.9. The average Bonchev–Trinajstić information content (AvgIpc) is 2.68. The lowest BCUT2D eigenvalue weighted by Gasteiger charge is -2.39. The van der Waals surface area contributed by atoms with Crippen LogP contribution in [-0.2, 0) is 0 Å². The first-order valence-electron chi connectivity index (χ1n) is 8.16. The first-order valence-corrected chi connectivity index (χ1v) is 8.95. The van der Waals surface area contributed by atoms with Gasteiger partial charge in [-0.1, -0.05) is 18.2 Å². The van der Waals surface area contributed by atoms with Crippen molar-refractivity contribution in [3.63, 3.8) is 0 Å². The fourth-order valence-corrected chi connectivity index (χ4v) is 3.94. The zero-order chi connectivity index (χ0) is 17.4. The molecule has 0 atom stereocenters. The lowest BCUT2D eigenvalue weighted by Crippen LogP contribution is -2.48. The molecular formula is C19H16BrN3O2. The van der Waals surface area contributed by atoms with Crippen LogP contribution < -0.4 is 4.90 Å². The Labute approximate surface area is 154 Å². The number of Topliss-reactive ketones (excluding diaryl/α,β-unsaturated/α-hetero) is 2. The van der Waals surface area contributed by atoms with E-state index in [4.69, 9.17) is 0 Å². The second kappa shape index (κ2) is 6.44. The number of nitrogens with zero attached hydrogens (tertiary/aromatic N) is 3. The number of carbonyl (C=O) groups excluding carboxylic acids is 2. The minimum absolute atomic E-state index is 0.136. The van der Waals surface area contributed by atoms with Gasteiger partial charge in [0.25, 0.3) is 0 Å². The van der Waals surface area contributed by atoms with Gasteiger partial charge in [0, 0.05) is 38.1 Å². The lowest BCUT2D eigenvalue weighted by atomic mass is 9.96. The molecule has 0 bridgehead atoms. The fraction of sp³-hybridized carbons (Fsp3) is 0.211. The number of pyridine rings is 1. The highest BCUT2D eigenvalue weighted by Crippen LogP contribution is 2.31. The number of aromatic nitrogens is 1. The standard InChI is InChI=1S/C19H16BrN3O2/c20-15-17(18(24)14-7-4-8-21-16(14)19(15)25)23-11-9-22(10-12-23)13-5-2-1-3-6-13/h1-8H,9-12H2. The third-order valence-electron chi connectivity index (χ3n) is 4.61. The zero-order valence-corrected chi connectivity index (χ0v) is 15.1. The van der Waals surface area contributed by atoms with Crippen LogP contribution in [0, 0.1) is 0 Å². The Morgan fingerprint density at radius 3 is 2.24 bits per heavy atom. The molecule has 1 aromatic heterocycles. The van der Waals surface area contributed by atoms with E-state index in [9.17, 15) is 9.59 Å². The number of hydrogen-bond donors (Lipinski definition) is 0. The monoisotopic (exact) mass is 397 g/mol. The summed E-state index contributed by atoms with van der Waals surface area (Å²) in [6.45, 7) is 2.98. The van der Waals surface area contributed by atoms with Crippen molar-refractivity contribution in [1.82, 2.24) is 9.88 Å². The Morgan fingerprint density at radius 1 is 0.840 bits per heavy atom. The first kappa shape index (κ1) is 16.0. The number of carbonyl (C=O) groups is 2. The minimum atomic E-state index is -0.226. The topological polar surface area (TPSA) is 53.5 Å². The van der Waals surface area contributed by atoms with E-state index in [0.29, 0.717) is 28.8 Å². The molecule has 0 spiro atoms. The summed E-state index contributed by atoms with van der Waals surface area (Å²) in [6.07, 6.45) is 1.54. The van der Waals surface area contributed by atoms with Gasteiger partial charge in [0.05, 0.1) is 10.0 Å². The number of anilines is 1. The Bertz CT molecular complexity index is 871. The molecule has 1 saturated heterocycles. The average molecular weight is 398 g/mol. The maximum absolute atomic E-state index is 12.9. The molecule has 2 aliphatic rings. The Balaban J connectivity index is 1.58. The predicted molar refractivity (Wildman–Crippen MR) is 99.1 cm³/mol. The van der Waals surface area contributed by atoms with Gasteiger partial charge in [-0.3, -0.25) is 14.6 Å². The van der Waals surface area contributed by atoms with Gasteiger partial charge in [0.15, 0.2) is 0 Å². The Hall–Kier alpha value is -2.47. The largest absolute Gasteiger partial charge is 0.368 e. The van der Waals surface area contributed by atoms with E-state index in [0.717, 1.165) is 13.1 Å². The van der Waals surface area contributed by atoms with Gasteiger partial charge in [-0.05, 0) is 40.2 Å². The number of halogens is 1. The molecule has 1 aliphatic carbocycles. The molecule has 1 aliphatic heterocycles. The quantitative estimate of drug-likeness (QED) is 0.779. The molecular weight excluding hydrogens is 382 g/mol. The van der Waals surface area contributed by atoms with Gasteiger partial charge in [0.2, 0.25) is 11.6 Å². The highest BCUT2D eigenvalue weighted by molar-refractivity contribution is 9.12. The number of fused-ring (bicyclic) bond motifs is 1. The molecule has 0 amide bonds. The van der Waals surface area contributed by atoms with Crippen LogP contribution in [0.1, 0.15) is 20.8 Å². The Morgan fingerprint density at radius 2 is 1.52 bits per heavy atom. The van der Waals surface area contributed by atoms with Crippen LogP contribution in [0.4, 0.5) is 5.69 Å². The van der Waals surface area contributed by atoms with Crippen LogP contribution in [0.25, 0.3) is 0 Å². The van der Waals surface area contributed by atoms with Gasteiger partial charge in [-0.15, -0.1) is 0 Å². The summed E-state index contributed by atoms with van der Waals surface area (Å²) in [5.41, 5.74) is 2.25. The van der Waals surface area contributed by atoms with Crippen LogP contribution >= 0.6 is 15.9 Å². The van der Waals surface area contributed by atoms with Gasteiger partial charge in [0.1, 0.15) is 11.4 Å². The smallest absolute Gasteiger partial charge is 0.221 e. The summed E-state index contributed by atoms with van der Waals surface area (Å²) in [4.78, 5) is 33.8. The third-order valence-corrected chi connectivity index (χ3v) is 5.34. The van der Waals surface area contributed by atoms with E-state index in [1.54, 1.807) is 12.1 Å². The molecule has 126 valence electrons. The second-order valence-corrected chi connectivity index (χ2v) is 6.82. The number of para-hydroxylation sites is 1. The van der Waals surface area contributed by atoms with Gasteiger partial charge in [-0.25, -0.2) is 0 Å². The molecule has 5 nitrogen and oxygen atoms in total. The molecule has 0 radical (unpaired) electrons. The highest BCUT2D eigenvalue weighted by Gasteiger charge is 2.35. The summed E-state index contributed by atoms with van der Waals surface area (Å²) < 4.78 is 0.317. The molecule has 0 saturated carbocycles. The molecule has 4 rings (SSSR count). The van der Waals surface area contributed by atoms with Crippen molar-refractivity contribution in [2.75, 3.05) is 31.1 Å². The number of allylic oxidation sites excluding steroid dienone is 2. The molecule has 0 unspecified atom stereocenters. The van der Waals surface area contributed by atoms with E-state index in [-0.39, 0.29) is 17.3 Å². The maximum atomic E-state index is 12.9. The van der Waals surface area contributed by atoms with Crippen molar-refractivity contribution in [1.29, 1.82) is 0 Å². The molecule has 0 N–H and O–H groups in total. The van der Waals surface area contributed by atoms with Crippen molar-refractivity contribution in [3.8, 4) is 0 Å². The van der Waals surface area contributed by atoms with Gasteiger partial charge < -0.3 is 9.80 Å². The third kappa shape index (κ3) is 2.76. The second-order valence-electron chi connectivity index (χ2n) is 6.03. The van der Waals surface area contributed by atoms with Crippen LogP contribution in [0.5, 0.6) is 0 Å². The van der Waals surface area contributed by atoms with Crippen molar-refractivity contribution < 1.29 is 9.59 Å². The minimum Gasteiger partial charge on any atom is -0.368 e. The maximum Gasteiger partial charge on any atom is 0.221 e. The van der Waals surface area contributed by atoms with Crippen LogP contribution in [0.3, 0.4) is 0 Å².